The van der Waals surface area contributed by atoms with Crippen LogP contribution >= 0.6 is 23.2 Å². The first-order valence-corrected chi connectivity index (χ1v) is 4.95. The summed E-state index contributed by atoms with van der Waals surface area (Å²) >= 11 is 11.5. The maximum atomic E-state index is 10.8. The van der Waals surface area contributed by atoms with Crippen molar-refractivity contribution in [1.82, 2.24) is 0 Å². The third-order valence-electron chi connectivity index (χ3n) is 1.72. The van der Waals surface area contributed by atoms with Crippen molar-refractivity contribution in [3.63, 3.8) is 0 Å². The first-order chi connectivity index (χ1) is 6.81. The number of hydrogen-bond acceptors (Lipinski definition) is 2. The highest BCUT2D eigenvalue weighted by Crippen LogP contribution is 2.27. The second-order valence-electron chi connectivity index (χ2n) is 3.52. The van der Waals surface area contributed by atoms with E-state index in [-0.39, 0.29) is 0 Å². The molecule has 1 aromatic rings. The van der Waals surface area contributed by atoms with E-state index in [1.807, 2.05) is 0 Å². The van der Waals surface area contributed by atoms with Gasteiger partial charge >= 0.3 is 5.97 Å². The van der Waals surface area contributed by atoms with Crippen molar-refractivity contribution in [2.24, 2.45) is 0 Å². The highest BCUT2D eigenvalue weighted by atomic mass is 35.5. The number of carboxylic acids is 1. The van der Waals surface area contributed by atoms with Crippen LogP contribution in [-0.4, -0.2) is 16.7 Å². The van der Waals surface area contributed by atoms with Gasteiger partial charge in [0.2, 0.25) is 0 Å². The monoisotopic (exact) mass is 248 g/mol. The number of ether oxygens (including phenoxy) is 1. The fraction of sp³-hybridized carbons (Fsp3) is 0.300. The Morgan fingerprint density at radius 1 is 1.27 bits per heavy atom. The van der Waals surface area contributed by atoms with Crippen LogP contribution in [0.2, 0.25) is 10.0 Å². The molecule has 0 aliphatic heterocycles. The lowest BCUT2D eigenvalue weighted by Gasteiger charge is -2.21. The molecule has 0 unspecified atom stereocenters. The SMILES string of the molecule is CC(C)(Oc1cc(Cl)cc(Cl)c1)C(=O)O. The molecule has 0 fully saturated rings. The molecule has 1 aromatic carbocycles. The number of hydrogen-bond donors (Lipinski definition) is 1. The molecule has 82 valence electrons. The van der Waals surface area contributed by atoms with Crippen LogP contribution in [0.3, 0.4) is 0 Å². The molecule has 0 aromatic heterocycles. The highest BCUT2D eigenvalue weighted by Gasteiger charge is 2.29. The van der Waals surface area contributed by atoms with E-state index in [1.165, 1.54) is 26.0 Å². The molecule has 0 bridgehead atoms. The molecule has 5 heteroatoms. The molecule has 0 saturated heterocycles. The number of halogens is 2. The van der Waals surface area contributed by atoms with Crippen molar-refractivity contribution < 1.29 is 14.6 Å². The summed E-state index contributed by atoms with van der Waals surface area (Å²) in [4.78, 5) is 10.8. The second-order valence-corrected chi connectivity index (χ2v) is 4.40. The first kappa shape index (κ1) is 12.1. The zero-order chi connectivity index (χ0) is 11.6. The van der Waals surface area contributed by atoms with E-state index in [1.54, 1.807) is 6.07 Å². The minimum Gasteiger partial charge on any atom is -0.478 e. The Bertz CT molecular complexity index is 368. The molecule has 0 aliphatic rings. The van der Waals surface area contributed by atoms with Gasteiger partial charge in [-0.3, -0.25) is 0 Å². The number of aliphatic carboxylic acids is 1. The Labute approximate surface area is 97.6 Å². The summed E-state index contributed by atoms with van der Waals surface area (Å²) in [5.41, 5.74) is -1.31. The van der Waals surface area contributed by atoms with Gasteiger partial charge in [0, 0.05) is 10.0 Å². The lowest BCUT2D eigenvalue weighted by Crippen LogP contribution is -2.37. The molecular formula is C10H10Cl2O3. The van der Waals surface area contributed by atoms with E-state index in [0.717, 1.165) is 0 Å². The van der Waals surface area contributed by atoms with E-state index < -0.39 is 11.6 Å². The Kier molecular flexibility index (Phi) is 3.47. The maximum absolute atomic E-state index is 10.8. The van der Waals surface area contributed by atoms with Crippen LogP contribution in [-0.2, 0) is 4.79 Å². The van der Waals surface area contributed by atoms with Gasteiger partial charge in [0.15, 0.2) is 5.60 Å². The summed E-state index contributed by atoms with van der Waals surface area (Å²) in [6.45, 7) is 2.90. The zero-order valence-electron chi connectivity index (χ0n) is 8.25. The summed E-state index contributed by atoms with van der Waals surface area (Å²) in [6, 6.07) is 4.57. The van der Waals surface area contributed by atoms with Gasteiger partial charge in [-0.2, -0.15) is 0 Å². The fourth-order valence-corrected chi connectivity index (χ4v) is 1.43. The second kappa shape index (κ2) is 4.29. The van der Waals surface area contributed by atoms with Crippen molar-refractivity contribution in [3.8, 4) is 5.75 Å². The van der Waals surface area contributed by atoms with Gasteiger partial charge in [-0.1, -0.05) is 23.2 Å². The summed E-state index contributed by atoms with van der Waals surface area (Å²) in [7, 11) is 0. The van der Waals surface area contributed by atoms with Gasteiger partial charge in [-0.25, -0.2) is 4.79 Å². The van der Waals surface area contributed by atoms with Crippen molar-refractivity contribution in [2.45, 2.75) is 19.4 Å². The molecule has 0 atom stereocenters. The van der Waals surface area contributed by atoms with Crippen molar-refractivity contribution >= 4 is 29.2 Å². The van der Waals surface area contributed by atoms with Crippen LogP contribution < -0.4 is 4.74 Å². The largest absolute Gasteiger partial charge is 0.478 e. The smallest absolute Gasteiger partial charge is 0.347 e. The summed E-state index contributed by atoms with van der Waals surface area (Å²) in [6.07, 6.45) is 0. The van der Waals surface area contributed by atoms with Gasteiger partial charge in [-0.15, -0.1) is 0 Å². The van der Waals surface area contributed by atoms with Gasteiger partial charge in [0.05, 0.1) is 0 Å². The average Bonchev–Trinajstić information content (AvgIpc) is 1.99. The van der Waals surface area contributed by atoms with E-state index in [0.29, 0.717) is 15.8 Å². The summed E-state index contributed by atoms with van der Waals surface area (Å²) in [5, 5.41) is 9.65. The van der Waals surface area contributed by atoms with Crippen molar-refractivity contribution in [1.29, 1.82) is 0 Å². The van der Waals surface area contributed by atoms with Crippen LogP contribution in [0.5, 0.6) is 5.75 Å². The molecule has 1 N–H and O–H groups in total. The lowest BCUT2D eigenvalue weighted by molar-refractivity contribution is -0.152. The van der Waals surface area contributed by atoms with Gasteiger partial charge in [-0.05, 0) is 32.0 Å². The Hall–Kier alpha value is -0.930. The zero-order valence-corrected chi connectivity index (χ0v) is 9.76. The number of carboxylic acid groups (broad SMARTS) is 1. The average molecular weight is 249 g/mol. The van der Waals surface area contributed by atoms with E-state index >= 15 is 0 Å². The Balaban J connectivity index is 2.94. The molecule has 0 amide bonds. The molecule has 0 heterocycles. The standard InChI is InChI=1S/C10H10Cl2O3/c1-10(2,9(13)14)15-8-4-6(11)3-7(12)5-8/h3-5H,1-2H3,(H,13,14). The lowest BCUT2D eigenvalue weighted by atomic mass is 10.1. The van der Waals surface area contributed by atoms with Crippen LogP contribution in [0.15, 0.2) is 18.2 Å². The summed E-state index contributed by atoms with van der Waals surface area (Å²) in [5.74, 6) is -0.724. The molecule has 0 aliphatic carbocycles. The minimum atomic E-state index is -1.31. The highest BCUT2D eigenvalue weighted by molar-refractivity contribution is 6.34. The van der Waals surface area contributed by atoms with Crippen molar-refractivity contribution in [3.05, 3.63) is 28.2 Å². The molecule has 3 nitrogen and oxygen atoms in total. The normalized spacial score (nSPS) is 11.2. The quantitative estimate of drug-likeness (QED) is 0.894. The minimum absolute atomic E-state index is 0.333. The predicted octanol–water partition coefficient (Wildman–Crippen LogP) is 3.24. The molecular weight excluding hydrogens is 239 g/mol. The van der Waals surface area contributed by atoms with Crippen LogP contribution in [0.4, 0.5) is 0 Å². The van der Waals surface area contributed by atoms with Gasteiger partial charge in [0.1, 0.15) is 5.75 Å². The number of rotatable bonds is 3. The van der Waals surface area contributed by atoms with Crippen molar-refractivity contribution in [2.75, 3.05) is 0 Å². The fourth-order valence-electron chi connectivity index (χ4n) is 0.926. The molecule has 0 radical (unpaired) electrons. The first-order valence-electron chi connectivity index (χ1n) is 4.20. The van der Waals surface area contributed by atoms with E-state index in [4.69, 9.17) is 33.0 Å². The van der Waals surface area contributed by atoms with Crippen LogP contribution in [0.25, 0.3) is 0 Å². The third kappa shape index (κ3) is 3.29. The van der Waals surface area contributed by atoms with Crippen LogP contribution in [0, 0.1) is 0 Å². The maximum Gasteiger partial charge on any atom is 0.347 e. The van der Waals surface area contributed by atoms with E-state index in [9.17, 15) is 4.79 Å². The summed E-state index contributed by atoms with van der Waals surface area (Å²) < 4.78 is 5.26. The van der Waals surface area contributed by atoms with Gasteiger partial charge < -0.3 is 9.84 Å². The molecule has 0 spiro atoms. The molecule has 1 rings (SSSR count). The van der Waals surface area contributed by atoms with Gasteiger partial charge in [0.25, 0.3) is 0 Å². The topological polar surface area (TPSA) is 46.5 Å². The third-order valence-corrected chi connectivity index (χ3v) is 2.16. The molecule has 0 saturated carbocycles. The number of carbonyl (C=O) groups is 1. The van der Waals surface area contributed by atoms with E-state index in [2.05, 4.69) is 0 Å². The van der Waals surface area contributed by atoms with Crippen LogP contribution in [0.1, 0.15) is 13.8 Å². The number of benzene rings is 1. The predicted molar refractivity (Wildman–Crippen MR) is 58.8 cm³/mol. The molecule has 15 heavy (non-hydrogen) atoms. The Morgan fingerprint density at radius 3 is 2.13 bits per heavy atom. The Morgan fingerprint density at radius 2 is 1.73 bits per heavy atom.